The van der Waals surface area contributed by atoms with E-state index >= 15 is 0 Å². The Hall–Kier alpha value is -0.860. The van der Waals surface area contributed by atoms with Crippen molar-refractivity contribution in [1.29, 1.82) is 0 Å². The van der Waals surface area contributed by atoms with Gasteiger partial charge in [-0.25, -0.2) is 0 Å². The number of rotatable bonds is 4. The second kappa shape index (κ2) is 6.06. The Kier molecular flexibility index (Phi) is 4.64. The van der Waals surface area contributed by atoms with Crippen LogP contribution < -0.4 is 0 Å². The highest BCUT2D eigenvalue weighted by Crippen LogP contribution is 2.33. The quantitative estimate of drug-likeness (QED) is 0.897. The summed E-state index contributed by atoms with van der Waals surface area (Å²) < 4.78 is 5.49. The van der Waals surface area contributed by atoms with Crippen LogP contribution in [0.4, 0.5) is 0 Å². The van der Waals surface area contributed by atoms with Crippen molar-refractivity contribution in [3.05, 3.63) is 35.4 Å². The van der Waals surface area contributed by atoms with Crippen LogP contribution in [0.1, 0.15) is 56.6 Å². The van der Waals surface area contributed by atoms with Crippen LogP contribution in [0.2, 0.25) is 0 Å². The van der Waals surface area contributed by atoms with Gasteiger partial charge in [-0.1, -0.05) is 51.0 Å². The van der Waals surface area contributed by atoms with Gasteiger partial charge in [-0.2, -0.15) is 0 Å². The van der Waals surface area contributed by atoms with Gasteiger partial charge < -0.3 is 9.84 Å². The summed E-state index contributed by atoms with van der Waals surface area (Å²) in [5, 5.41) is 10.8. The molecule has 1 aromatic carbocycles. The minimum Gasteiger partial charge on any atom is -0.387 e. The van der Waals surface area contributed by atoms with Gasteiger partial charge in [0.2, 0.25) is 0 Å². The van der Waals surface area contributed by atoms with E-state index in [0.29, 0.717) is 12.3 Å². The molecule has 0 saturated heterocycles. The molecule has 0 amide bonds. The van der Waals surface area contributed by atoms with Crippen molar-refractivity contribution >= 4 is 0 Å². The molecule has 106 valence electrons. The van der Waals surface area contributed by atoms with Gasteiger partial charge in [0.15, 0.2) is 0 Å². The summed E-state index contributed by atoms with van der Waals surface area (Å²) in [5.74, 6) is 0.554. The van der Waals surface area contributed by atoms with Crippen molar-refractivity contribution in [3.8, 4) is 0 Å². The Balaban J connectivity index is 2.10. The lowest BCUT2D eigenvalue weighted by atomic mass is 9.78. The predicted octanol–water partition coefficient (Wildman–Crippen LogP) is 3.67. The lowest BCUT2D eigenvalue weighted by Gasteiger charge is -2.39. The monoisotopic (exact) mass is 262 g/mol. The van der Waals surface area contributed by atoms with E-state index in [2.05, 4.69) is 38.1 Å². The summed E-state index contributed by atoms with van der Waals surface area (Å²) >= 11 is 0. The molecule has 2 heteroatoms. The summed E-state index contributed by atoms with van der Waals surface area (Å²) in [6.07, 6.45) is 4.75. The molecule has 2 nitrogen and oxygen atoms in total. The first-order valence-corrected chi connectivity index (χ1v) is 7.39. The highest BCUT2D eigenvalue weighted by molar-refractivity contribution is 5.26. The van der Waals surface area contributed by atoms with Gasteiger partial charge in [0, 0.05) is 13.5 Å². The van der Waals surface area contributed by atoms with E-state index in [0.717, 1.165) is 25.7 Å². The van der Waals surface area contributed by atoms with Crippen molar-refractivity contribution in [3.63, 3.8) is 0 Å². The van der Waals surface area contributed by atoms with Crippen LogP contribution in [0.25, 0.3) is 0 Å². The van der Waals surface area contributed by atoms with Crippen LogP contribution in [0.15, 0.2) is 24.3 Å². The molecular formula is C17H26O2. The molecule has 0 bridgehead atoms. The topological polar surface area (TPSA) is 29.5 Å². The molecule has 2 rings (SSSR count). The molecular weight excluding hydrogens is 236 g/mol. The first-order valence-electron chi connectivity index (χ1n) is 7.39. The molecule has 0 aromatic heterocycles. The van der Waals surface area contributed by atoms with Crippen LogP contribution in [0, 0.1) is 0 Å². The highest BCUT2D eigenvalue weighted by Gasteiger charge is 2.39. The largest absolute Gasteiger partial charge is 0.387 e. The van der Waals surface area contributed by atoms with Gasteiger partial charge in [0.05, 0.1) is 11.7 Å². The number of benzene rings is 1. The normalized spacial score (nSPS) is 27.7. The number of ether oxygens (including phenoxy) is 1. The third kappa shape index (κ3) is 3.37. The van der Waals surface area contributed by atoms with E-state index < -0.39 is 5.60 Å². The molecule has 1 saturated carbocycles. The fraction of sp³-hybridized carbons (Fsp3) is 0.647. The SMILES string of the molecule is COC1CCCCC1(O)Cc1ccc(C(C)C)cc1. The Bertz CT molecular complexity index is 396. The Labute approximate surface area is 116 Å². The summed E-state index contributed by atoms with van der Waals surface area (Å²) in [4.78, 5) is 0. The van der Waals surface area contributed by atoms with E-state index in [-0.39, 0.29) is 6.10 Å². The summed E-state index contributed by atoms with van der Waals surface area (Å²) in [7, 11) is 1.71. The van der Waals surface area contributed by atoms with Crippen LogP contribution >= 0.6 is 0 Å². The average Bonchev–Trinajstić information content (AvgIpc) is 2.39. The molecule has 1 aliphatic rings. The maximum atomic E-state index is 10.8. The molecule has 0 spiro atoms. The predicted molar refractivity (Wildman–Crippen MR) is 78.4 cm³/mol. The Morgan fingerprint density at radius 2 is 1.95 bits per heavy atom. The fourth-order valence-electron chi connectivity index (χ4n) is 3.10. The summed E-state index contributed by atoms with van der Waals surface area (Å²) in [6, 6.07) is 8.64. The van der Waals surface area contributed by atoms with Gasteiger partial charge in [-0.05, 0) is 29.9 Å². The Morgan fingerprint density at radius 1 is 1.26 bits per heavy atom. The number of hydrogen-bond donors (Lipinski definition) is 1. The first kappa shape index (κ1) is 14.5. The lowest BCUT2D eigenvalue weighted by molar-refractivity contribution is -0.116. The summed E-state index contributed by atoms with van der Waals surface area (Å²) in [5.41, 5.74) is 1.87. The molecule has 0 radical (unpaired) electrons. The van der Waals surface area contributed by atoms with Crippen LogP contribution in [0.5, 0.6) is 0 Å². The maximum Gasteiger partial charge on any atom is 0.0948 e. The van der Waals surface area contributed by atoms with Gasteiger partial charge in [0.25, 0.3) is 0 Å². The molecule has 2 atom stereocenters. The van der Waals surface area contributed by atoms with Crippen molar-refractivity contribution in [1.82, 2.24) is 0 Å². The second-order valence-corrected chi connectivity index (χ2v) is 6.15. The molecule has 19 heavy (non-hydrogen) atoms. The van der Waals surface area contributed by atoms with Crippen molar-refractivity contribution in [2.24, 2.45) is 0 Å². The van der Waals surface area contributed by atoms with Gasteiger partial charge >= 0.3 is 0 Å². The molecule has 0 heterocycles. The second-order valence-electron chi connectivity index (χ2n) is 6.15. The zero-order chi connectivity index (χ0) is 13.9. The molecule has 0 aliphatic heterocycles. The lowest BCUT2D eigenvalue weighted by Crippen LogP contribution is -2.47. The van der Waals surface area contributed by atoms with Crippen LogP contribution in [0.3, 0.4) is 0 Å². The maximum absolute atomic E-state index is 10.8. The molecule has 2 unspecified atom stereocenters. The van der Waals surface area contributed by atoms with E-state index in [9.17, 15) is 5.11 Å². The van der Waals surface area contributed by atoms with Crippen LogP contribution in [-0.2, 0) is 11.2 Å². The molecule has 1 aliphatic carbocycles. The third-order valence-electron chi connectivity index (χ3n) is 4.37. The Morgan fingerprint density at radius 3 is 2.53 bits per heavy atom. The van der Waals surface area contributed by atoms with Gasteiger partial charge in [-0.3, -0.25) is 0 Å². The number of hydrogen-bond acceptors (Lipinski definition) is 2. The van der Waals surface area contributed by atoms with Gasteiger partial charge in [-0.15, -0.1) is 0 Å². The smallest absolute Gasteiger partial charge is 0.0948 e. The van der Waals surface area contributed by atoms with E-state index in [1.807, 2.05) is 0 Å². The minimum absolute atomic E-state index is 0.0222. The number of methoxy groups -OCH3 is 1. The highest BCUT2D eigenvalue weighted by atomic mass is 16.5. The first-order chi connectivity index (χ1) is 9.05. The standard InChI is InChI=1S/C17H26O2/c1-13(2)15-9-7-14(8-10-15)12-17(18)11-5-4-6-16(17)19-3/h7-10,13,16,18H,4-6,11-12H2,1-3H3. The molecule has 1 fully saturated rings. The minimum atomic E-state index is -0.688. The molecule has 1 N–H and O–H groups in total. The van der Waals surface area contributed by atoms with Crippen LogP contribution in [-0.4, -0.2) is 23.9 Å². The molecule has 1 aromatic rings. The number of aliphatic hydroxyl groups is 1. The third-order valence-corrected chi connectivity index (χ3v) is 4.37. The zero-order valence-corrected chi connectivity index (χ0v) is 12.4. The van der Waals surface area contributed by atoms with E-state index in [4.69, 9.17) is 4.74 Å². The van der Waals surface area contributed by atoms with Crippen molar-refractivity contribution in [2.45, 2.75) is 63.6 Å². The van der Waals surface area contributed by atoms with Crippen molar-refractivity contribution in [2.75, 3.05) is 7.11 Å². The summed E-state index contributed by atoms with van der Waals surface area (Å²) in [6.45, 7) is 4.40. The van der Waals surface area contributed by atoms with E-state index in [1.165, 1.54) is 11.1 Å². The van der Waals surface area contributed by atoms with E-state index in [1.54, 1.807) is 7.11 Å². The zero-order valence-electron chi connectivity index (χ0n) is 12.4. The fourth-order valence-corrected chi connectivity index (χ4v) is 3.10. The van der Waals surface area contributed by atoms with Crippen molar-refractivity contribution < 1.29 is 9.84 Å². The average molecular weight is 262 g/mol. The van der Waals surface area contributed by atoms with Gasteiger partial charge in [0.1, 0.15) is 0 Å².